The monoisotopic (exact) mass is 150 g/mol. The van der Waals surface area contributed by atoms with Gasteiger partial charge in [-0.25, -0.2) is 0 Å². The van der Waals surface area contributed by atoms with Gasteiger partial charge in [-0.1, -0.05) is 24.3 Å². The molecule has 0 aromatic heterocycles. The van der Waals surface area contributed by atoms with Crippen molar-refractivity contribution in [2.24, 2.45) is 5.92 Å². The summed E-state index contributed by atoms with van der Waals surface area (Å²) in [5.74, 6) is -1.21. The largest absolute Gasteiger partial charge is 0.481 e. The molecule has 0 heterocycles. The maximum absolute atomic E-state index is 10.6. The third-order valence-corrected chi connectivity index (χ3v) is 1.66. The zero-order chi connectivity index (χ0) is 8.27. The number of carboxylic acid groups (broad SMARTS) is 1. The van der Waals surface area contributed by atoms with Crippen LogP contribution in [0.25, 0.3) is 0 Å². The highest BCUT2D eigenvalue weighted by Crippen LogP contribution is 2.22. The molecule has 0 radical (unpaired) electrons. The van der Waals surface area contributed by atoms with Gasteiger partial charge in [0.05, 0.1) is 5.92 Å². The lowest BCUT2D eigenvalue weighted by Crippen LogP contribution is -2.11. The van der Waals surface area contributed by atoms with Crippen molar-refractivity contribution in [3.8, 4) is 0 Å². The van der Waals surface area contributed by atoms with Gasteiger partial charge in [0.1, 0.15) is 0 Å². The molecule has 1 aliphatic rings. The topological polar surface area (TPSA) is 37.3 Å². The van der Waals surface area contributed by atoms with Crippen LogP contribution in [-0.2, 0) is 4.79 Å². The molecule has 0 saturated carbocycles. The molecule has 0 aromatic rings. The SMILES string of the molecule is C=CCC1=CC=CC1C(=O)O. The number of carbonyl (C=O) groups is 1. The average molecular weight is 150 g/mol. The summed E-state index contributed by atoms with van der Waals surface area (Å²) in [4.78, 5) is 10.6. The second kappa shape index (κ2) is 3.19. The van der Waals surface area contributed by atoms with Gasteiger partial charge in [0.15, 0.2) is 0 Å². The van der Waals surface area contributed by atoms with Crippen LogP contribution in [0.3, 0.4) is 0 Å². The maximum atomic E-state index is 10.6. The van der Waals surface area contributed by atoms with E-state index in [1.54, 1.807) is 18.2 Å². The van der Waals surface area contributed by atoms with Crippen LogP contribution < -0.4 is 0 Å². The van der Waals surface area contributed by atoms with E-state index < -0.39 is 11.9 Å². The number of hydrogen-bond donors (Lipinski definition) is 1. The van der Waals surface area contributed by atoms with Gasteiger partial charge in [0.25, 0.3) is 0 Å². The Morgan fingerprint density at radius 2 is 2.55 bits per heavy atom. The minimum atomic E-state index is -0.785. The number of allylic oxidation sites excluding steroid dienone is 3. The van der Waals surface area contributed by atoms with E-state index in [0.29, 0.717) is 6.42 Å². The predicted molar refractivity (Wildman–Crippen MR) is 43.2 cm³/mol. The highest BCUT2D eigenvalue weighted by atomic mass is 16.4. The van der Waals surface area contributed by atoms with Crippen molar-refractivity contribution < 1.29 is 9.90 Å². The van der Waals surface area contributed by atoms with E-state index in [1.165, 1.54) is 0 Å². The Kier molecular flexibility index (Phi) is 2.26. The van der Waals surface area contributed by atoms with E-state index in [2.05, 4.69) is 6.58 Å². The summed E-state index contributed by atoms with van der Waals surface area (Å²) < 4.78 is 0. The Bertz CT molecular complexity index is 236. The molecule has 1 N–H and O–H groups in total. The molecular formula is C9H10O2. The van der Waals surface area contributed by atoms with Crippen LogP contribution in [0.4, 0.5) is 0 Å². The summed E-state index contributed by atoms with van der Waals surface area (Å²) in [5, 5.41) is 8.68. The van der Waals surface area contributed by atoms with Gasteiger partial charge in [-0.2, -0.15) is 0 Å². The Morgan fingerprint density at radius 3 is 3.09 bits per heavy atom. The van der Waals surface area contributed by atoms with Gasteiger partial charge in [-0.15, -0.1) is 6.58 Å². The van der Waals surface area contributed by atoms with E-state index in [1.807, 2.05) is 6.08 Å². The standard InChI is InChI=1S/C9H10O2/c1-2-4-7-5-3-6-8(7)9(10)11/h2-3,5-6,8H,1,4H2,(H,10,11). The predicted octanol–water partition coefficient (Wildman–Crippen LogP) is 1.76. The number of carboxylic acids is 1. The molecule has 11 heavy (non-hydrogen) atoms. The summed E-state index contributed by atoms with van der Waals surface area (Å²) in [6.45, 7) is 3.56. The minimum absolute atomic E-state index is 0.423. The molecule has 0 bridgehead atoms. The molecule has 1 aliphatic carbocycles. The summed E-state index contributed by atoms with van der Waals surface area (Å²) in [6, 6.07) is 0. The molecule has 0 saturated heterocycles. The Hall–Kier alpha value is -1.31. The molecule has 1 unspecified atom stereocenters. The van der Waals surface area contributed by atoms with E-state index in [0.717, 1.165) is 5.57 Å². The zero-order valence-electron chi connectivity index (χ0n) is 6.16. The summed E-state index contributed by atoms with van der Waals surface area (Å²) in [6.07, 6.45) is 7.66. The third kappa shape index (κ3) is 1.58. The van der Waals surface area contributed by atoms with Crippen LogP contribution in [0.15, 0.2) is 36.5 Å². The smallest absolute Gasteiger partial charge is 0.314 e. The first-order valence-corrected chi connectivity index (χ1v) is 3.46. The lowest BCUT2D eigenvalue weighted by Gasteiger charge is -2.05. The van der Waals surface area contributed by atoms with Crippen molar-refractivity contribution >= 4 is 5.97 Å². The van der Waals surface area contributed by atoms with Crippen LogP contribution in [0, 0.1) is 5.92 Å². The maximum Gasteiger partial charge on any atom is 0.314 e. The molecule has 0 fully saturated rings. The van der Waals surface area contributed by atoms with E-state index in [4.69, 9.17) is 5.11 Å². The third-order valence-electron chi connectivity index (χ3n) is 1.66. The van der Waals surface area contributed by atoms with Crippen molar-refractivity contribution in [3.05, 3.63) is 36.5 Å². The molecule has 0 spiro atoms. The first-order chi connectivity index (χ1) is 5.25. The van der Waals surface area contributed by atoms with Gasteiger partial charge in [0.2, 0.25) is 0 Å². The molecule has 1 atom stereocenters. The highest BCUT2D eigenvalue weighted by molar-refractivity contribution is 5.77. The van der Waals surface area contributed by atoms with Gasteiger partial charge in [-0.05, 0) is 12.0 Å². The Morgan fingerprint density at radius 1 is 1.82 bits per heavy atom. The van der Waals surface area contributed by atoms with Crippen LogP contribution in [0.5, 0.6) is 0 Å². The quantitative estimate of drug-likeness (QED) is 0.622. The molecule has 2 heteroatoms. The summed E-state index contributed by atoms with van der Waals surface area (Å²) in [7, 11) is 0. The molecule has 2 nitrogen and oxygen atoms in total. The fraction of sp³-hybridized carbons (Fsp3) is 0.222. The van der Waals surface area contributed by atoms with Crippen LogP contribution in [-0.4, -0.2) is 11.1 Å². The van der Waals surface area contributed by atoms with E-state index >= 15 is 0 Å². The van der Waals surface area contributed by atoms with Crippen LogP contribution >= 0.6 is 0 Å². The van der Waals surface area contributed by atoms with E-state index in [-0.39, 0.29) is 0 Å². The van der Waals surface area contributed by atoms with Crippen molar-refractivity contribution in [1.29, 1.82) is 0 Å². The minimum Gasteiger partial charge on any atom is -0.481 e. The van der Waals surface area contributed by atoms with Crippen LogP contribution in [0.1, 0.15) is 6.42 Å². The van der Waals surface area contributed by atoms with Crippen molar-refractivity contribution in [2.75, 3.05) is 0 Å². The van der Waals surface area contributed by atoms with Gasteiger partial charge in [0, 0.05) is 0 Å². The van der Waals surface area contributed by atoms with Crippen molar-refractivity contribution in [1.82, 2.24) is 0 Å². The van der Waals surface area contributed by atoms with Crippen molar-refractivity contribution in [2.45, 2.75) is 6.42 Å². The number of aliphatic carboxylic acids is 1. The van der Waals surface area contributed by atoms with Gasteiger partial charge < -0.3 is 5.11 Å². The lowest BCUT2D eigenvalue weighted by molar-refractivity contribution is -0.138. The molecule has 58 valence electrons. The second-order valence-electron chi connectivity index (χ2n) is 2.44. The fourth-order valence-corrected chi connectivity index (χ4v) is 1.12. The van der Waals surface area contributed by atoms with Gasteiger partial charge >= 0.3 is 5.97 Å². The fourth-order valence-electron chi connectivity index (χ4n) is 1.12. The number of rotatable bonds is 3. The first kappa shape index (κ1) is 7.79. The molecule has 1 rings (SSSR count). The molecular weight excluding hydrogens is 140 g/mol. The Balaban J connectivity index is 2.68. The molecule has 0 amide bonds. The second-order valence-corrected chi connectivity index (χ2v) is 2.44. The first-order valence-electron chi connectivity index (χ1n) is 3.46. The number of hydrogen-bond acceptors (Lipinski definition) is 1. The average Bonchev–Trinajstić information content (AvgIpc) is 2.36. The van der Waals surface area contributed by atoms with E-state index in [9.17, 15) is 4.79 Å². The normalized spacial score (nSPS) is 21.5. The van der Waals surface area contributed by atoms with Crippen molar-refractivity contribution in [3.63, 3.8) is 0 Å². The van der Waals surface area contributed by atoms with Gasteiger partial charge in [-0.3, -0.25) is 4.79 Å². The Labute approximate surface area is 65.5 Å². The van der Waals surface area contributed by atoms with Crippen LogP contribution in [0.2, 0.25) is 0 Å². The lowest BCUT2D eigenvalue weighted by atomic mass is 10.0. The summed E-state index contributed by atoms with van der Waals surface area (Å²) in [5.41, 5.74) is 0.910. The summed E-state index contributed by atoms with van der Waals surface area (Å²) >= 11 is 0. The zero-order valence-corrected chi connectivity index (χ0v) is 6.16. The molecule has 0 aliphatic heterocycles. The highest BCUT2D eigenvalue weighted by Gasteiger charge is 2.20. The molecule has 0 aromatic carbocycles.